The zero-order chi connectivity index (χ0) is 21.2. The summed E-state index contributed by atoms with van der Waals surface area (Å²) in [7, 11) is 1.41. The summed E-state index contributed by atoms with van der Waals surface area (Å²) in [5.74, 6) is 1.12. The largest absolute Gasteiger partial charge is 0.491 e. The normalized spacial score (nSPS) is 13.7. The molecule has 0 aliphatic carbocycles. The molecule has 0 fully saturated rings. The predicted octanol–water partition coefficient (Wildman–Crippen LogP) is 2.56. The summed E-state index contributed by atoms with van der Waals surface area (Å²) < 4.78 is 42.7. The highest BCUT2D eigenvalue weighted by Gasteiger charge is 2.28. The van der Waals surface area contributed by atoms with Gasteiger partial charge >= 0.3 is 6.18 Å². The summed E-state index contributed by atoms with van der Waals surface area (Å²) in [6, 6.07) is 7.19. The molecule has 1 aromatic carbocycles. The molecule has 0 saturated heterocycles. The van der Waals surface area contributed by atoms with Crippen molar-refractivity contribution in [2.45, 2.75) is 39.2 Å². The van der Waals surface area contributed by atoms with Gasteiger partial charge in [-0.15, -0.1) is 0 Å². The number of aliphatic hydroxyl groups excluding tert-OH is 1. The summed E-state index contributed by atoms with van der Waals surface area (Å²) in [6.07, 6.45) is -5.00. The molecule has 1 aromatic rings. The van der Waals surface area contributed by atoms with Gasteiger partial charge in [0.25, 0.3) is 0 Å². The molecule has 0 spiro atoms. The molecule has 0 bridgehead atoms. The van der Waals surface area contributed by atoms with E-state index < -0.39 is 18.8 Å². The van der Waals surface area contributed by atoms with Crippen molar-refractivity contribution in [3.63, 3.8) is 0 Å². The summed E-state index contributed by atoms with van der Waals surface area (Å²) in [4.78, 5) is 5.50. The Morgan fingerprint density at radius 2 is 2.00 bits per heavy atom. The lowest BCUT2D eigenvalue weighted by atomic mass is 10.1. The van der Waals surface area contributed by atoms with E-state index in [9.17, 15) is 18.3 Å². The second kappa shape index (κ2) is 11.8. The summed E-state index contributed by atoms with van der Waals surface area (Å²) in [5.41, 5.74) is 0.683. The van der Waals surface area contributed by atoms with Crippen molar-refractivity contribution in [1.82, 2.24) is 15.5 Å². The number of alkyl halides is 3. The number of nitrogens with one attached hydrogen (secondary N) is 2. The molecule has 0 radical (unpaired) electrons. The van der Waals surface area contributed by atoms with Crippen LogP contribution in [0.3, 0.4) is 0 Å². The van der Waals surface area contributed by atoms with Crippen LogP contribution < -0.4 is 15.4 Å². The molecular weight excluding hydrogens is 373 g/mol. The molecule has 1 rings (SSSR count). The standard InChI is InChI=1S/C19H31F3N4O2/c1-5-23-18(24-9-10-26(4)13-19(20,21)22)25-12-17(27)15-7-6-8-16(11-15)28-14(2)3/h6-8,11,14,17,27H,5,9-10,12-13H2,1-4H3,(H2,23,24,25). The van der Waals surface area contributed by atoms with E-state index in [0.29, 0.717) is 30.4 Å². The van der Waals surface area contributed by atoms with E-state index in [0.717, 1.165) is 0 Å². The van der Waals surface area contributed by atoms with Gasteiger partial charge in [0.1, 0.15) is 5.75 Å². The summed E-state index contributed by atoms with van der Waals surface area (Å²) in [5, 5.41) is 16.4. The molecule has 9 heteroatoms. The lowest BCUT2D eigenvalue weighted by molar-refractivity contribution is -0.142. The third-order valence-electron chi connectivity index (χ3n) is 3.62. The lowest BCUT2D eigenvalue weighted by Crippen LogP contribution is -2.42. The number of ether oxygens (including phenoxy) is 1. The van der Waals surface area contributed by atoms with Crippen molar-refractivity contribution in [2.75, 3.05) is 39.8 Å². The maximum atomic E-state index is 12.3. The molecule has 28 heavy (non-hydrogen) atoms. The molecule has 0 saturated carbocycles. The Kier molecular flexibility index (Phi) is 10.1. The molecule has 0 aliphatic heterocycles. The Labute approximate surface area is 164 Å². The maximum absolute atomic E-state index is 12.3. The highest BCUT2D eigenvalue weighted by molar-refractivity contribution is 5.79. The minimum Gasteiger partial charge on any atom is -0.491 e. The van der Waals surface area contributed by atoms with E-state index in [2.05, 4.69) is 15.6 Å². The first-order valence-electron chi connectivity index (χ1n) is 9.33. The Hall–Kier alpha value is -2.00. The minimum absolute atomic E-state index is 0.0328. The highest BCUT2D eigenvalue weighted by atomic mass is 19.4. The van der Waals surface area contributed by atoms with E-state index in [1.807, 2.05) is 26.8 Å². The van der Waals surface area contributed by atoms with Crippen LogP contribution in [-0.4, -0.2) is 68.0 Å². The van der Waals surface area contributed by atoms with Crippen LogP contribution in [0, 0.1) is 0 Å². The molecule has 1 atom stereocenters. The second-order valence-corrected chi connectivity index (χ2v) is 6.75. The number of aliphatic hydroxyl groups is 1. The van der Waals surface area contributed by atoms with Crippen LogP contribution in [-0.2, 0) is 0 Å². The fraction of sp³-hybridized carbons (Fsp3) is 0.632. The molecular formula is C19H31F3N4O2. The first-order valence-corrected chi connectivity index (χ1v) is 9.33. The van der Waals surface area contributed by atoms with Gasteiger partial charge in [-0.2, -0.15) is 13.2 Å². The van der Waals surface area contributed by atoms with Crippen molar-refractivity contribution in [2.24, 2.45) is 4.99 Å². The van der Waals surface area contributed by atoms with Crippen LogP contribution in [0.15, 0.2) is 29.3 Å². The summed E-state index contributed by atoms with van der Waals surface area (Å²) >= 11 is 0. The molecule has 0 aliphatic rings. The molecule has 160 valence electrons. The van der Waals surface area contributed by atoms with Crippen molar-refractivity contribution in [3.05, 3.63) is 29.8 Å². The van der Waals surface area contributed by atoms with Crippen LogP contribution in [0.4, 0.5) is 13.2 Å². The molecule has 0 amide bonds. The monoisotopic (exact) mass is 404 g/mol. The Morgan fingerprint density at radius 3 is 2.61 bits per heavy atom. The van der Waals surface area contributed by atoms with Gasteiger partial charge in [-0.25, -0.2) is 0 Å². The van der Waals surface area contributed by atoms with Crippen LogP contribution in [0.5, 0.6) is 5.75 Å². The number of hydrogen-bond acceptors (Lipinski definition) is 4. The van der Waals surface area contributed by atoms with Gasteiger partial charge in [0, 0.05) is 19.6 Å². The van der Waals surface area contributed by atoms with Crippen LogP contribution in [0.1, 0.15) is 32.4 Å². The Morgan fingerprint density at radius 1 is 1.29 bits per heavy atom. The number of likely N-dealkylation sites (N-methyl/N-ethyl adjacent to an activating group) is 1. The van der Waals surface area contributed by atoms with Crippen LogP contribution in [0.25, 0.3) is 0 Å². The molecule has 6 nitrogen and oxygen atoms in total. The van der Waals surface area contributed by atoms with E-state index in [-0.39, 0.29) is 19.2 Å². The van der Waals surface area contributed by atoms with E-state index in [4.69, 9.17) is 4.74 Å². The lowest BCUT2D eigenvalue weighted by Gasteiger charge is -2.19. The first kappa shape index (κ1) is 24.0. The summed E-state index contributed by atoms with van der Waals surface area (Å²) in [6.45, 7) is 5.98. The molecule has 0 heterocycles. The van der Waals surface area contributed by atoms with Crippen molar-refractivity contribution in [1.29, 1.82) is 0 Å². The van der Waals surface area contributed by atoms with Gasteiger partial charge in [-0.3, -0.25) is 9.89 Å². The van der Waals surface area contributed by atoms with Gasteiger partial charge in [0.2, 0.25) is 0 Å². The number of hydrogen-bond donors (Lipinski definition) is 3. The van der Waals surface area contributed by atoms with Crippen LogP contribution >= 0.6 is 0 Å². The van der Waals surface area contributed by atoms with Crippen molar-refractivity contribution < 1.29 is 23.0 Å². The van der Waals surface area contributed by atoms with Gasteiger partial charge < -0.3 is 20.5 Å². The number of halogens is 3. The SMILES string of the molecule is CCNC(=NCC(O)c1cccc(OC(C)C)c1)NCCN(C)CC(F)(F)F. The zero-order valence-corrected chi connectivity index (χ0v) is 16.9. The number of aliphatic imine (C=N–C) groups is 1. The molecule has 3 N–H and O–H groups in total. The van der Waals surface area contributed by atoms with Crippen molar-refractivity contribution >= 4 is 5.96 Å². The first-order chi connectivity index (χ1) is 13.1. The quantitative estimate of drug-likeness (QED) is 0.413. The van der Waals surface area contributed by atoms with Gasteiger partial charge in [0.15, 0.2) is 5.96 Å². The van der Waals surface area contributed by atoms with Gasteiger partial charge in [-0.05, 0) is 45.5 Å². The van der Waals surface area contributed by atoms with Crippen molar-refractivity contribution in [3.8, 4) is 5.75 Å². The van der Waals surface area contributed by atoms with E-state index in [1.165, 1.54) is 11.9 Å². The number of guanidine groups is 1. The number of rotatable bonds is 10. The smallest absolute Gasteiger partial charge is 0.401 e. The average Bonchev–Trinajstić information content (AvgIpc) is 2.57. The topological polar surface area (TPSA) is 69.1 Å². The number of nitrogens with zero attached hydrogens (tertiary/aromatic N) is 2. The average molecular weight is 404 g/mol. The maximum Gasteiger partial charge on any atom is 0.401 e. The fourth-order valence-corrected chi connectivity index (χ4v) is 2.44. The fourth-order valence-electron chi connectivity index (χ4n) is 2.44. The van der Waals surface area contributed by atoms with Gasteiger partial charge in [-0.1, -0.05) is 12.1 Å². The third kappa shape index (κ3) is 10.4. The minimum atomic E-state index is -4.22. The molecule has 0 aromatic heterocycles. The number of benzene rings is 1. The van der Waals surface area contributed by atoms with E-state index >= 15 is 0 Å². The highest BCUT2D eigenvalue weighted by Crippen LogP contribution is 2.20. The second-order valence-electron chi connectivity index (χ2n) is 6.75. The predicted molar refractivity (Wildman–Crippen MR) is 105 cm³/mol. The Bertz CT molecular complexity index is 609. The third-order valence-corrected chi connectivity index (χ3v) is 3.62. The molecule has 1 unspecified atom stereocenters. The zero-order valence-electron chi connectivity index (χ0n) is 16.9. The van der Waals surface area contributed by atoms with Crippen LogP contribution in [0.2, 0.25) is 0 Å². The van der Waals surface area contributed by atoms with Gasteiger partial charge in [0.05, 0.1) is 25.3 Å². The Balaban J connectivity index is 2.59. The van der Waals surface area contributed by atoms with E-state index in [1.54, 1.807) is 18.2 Å².